The van der Waals surface area contributed by atoms with E-state index in [0.29, 0.717) is 27.9 Å². The molecule has 0 heterocycles. The molecule has 0 radical (unpaired) electrons. The van der Waals surface area contributed by atoms with E-state index in [1.54, 1.807) is 19.1 Å². The summed E-state index contributed by atoms with van der Waals surface area (Å²) in [6, 6.07) is 3.12. The molecule has 1 rings (SSSR count). The van der Waals surface area contributed by atoms with Gasteiger partial charge in [-0.05, 0) is 6.92 Å². The molecule has 22 heavy (non-hydrogen) atoms. The van der Waals surface area contributed by atoms with E-state index in [4.69, 9.17) is 21.1 Å². The second-order valence-electron chi connectivity index (χ2n) is 4.43. The molecule has 1 aromatic carbocycles. The Morgan fingerprint density at radius 1 is 1.18 bits per heavy atom. The lowest BCUT2D eigenvalue weighted by atomic mass is 10.2. The van der Waals surface area contributed by atoms with Crippen molar-refractivity contribution in [3.63, 3.8) is 0 Å². The molecule has 0 atom stereocenters. The quantitative estimate of drug-likeness (QED) is 0.619. The fraction of sp³-hybridized carbons (Fsp3) is 0.357. The third-order valence-electron chi connectivity index (χ3n) is 2.57. The van der Waals surface area contributed by atoms with Crippen LogP contribution in [0.3, 0.4) is 0 Å². The van der Waals surface area contributed by atoms with Crippen molar-refractivity contribution in [2.75, 3.05) is 19.5 Å². The van der Waals surface area contributed by atoms with Crippen LogP contribution in [0.5, 0.6) is 11.5 Å². The van der Waals surface area contributed by atoms with Gasteiger partial charge in [-0.2, -0.15) is 5.10 Å². The second-order valence-corrected chi connectivity index (χ2v) is 4.83. The molecule has 0 aliphatic carbocycles. The minimum atomic E-state index is -0.311. The van der Waals surface area contributed by atoms with Crippen LogP contribution in [-0.4, -0.2) is 31.7 Å². The molecular formula is C14H18ClN3O4. The number of benzene rings is 1. The fourth-order valence-electron chi connectivity index (χ4n) is 1.60. The van der Waals surface area contributed by atoms with Crippen LogP contribution in [-0.2, 0) is 9.59 Å². The van der Waals surface area contributed by atoms with Gasteiger partial charge in [0.15, 0.2) is 0 Å². The smallest absolute Gasteiger partial charge is 0.236 e. The van der Waals surface area contributed by atoms with Crippen molar-refractivity contribution in [1.82, 2.24) is 5.43 Å². The molecule has 8 heteroatoms. The van der Waals surface area contributed by atoms with E-state index in [1.165, 1.54) is 21.1 Å². The lowest BCUT2D eigenvalue weighted by molar-refractivity contribution is -0.119. The van der Waals surface area contributed by atoms with E-state index in [9.17, 15) is 9.59 Å². The maximum atomic E-state index is 12.0. The highest BCUT2D eigenvalue weighted by Crippen LogP contribution is 2.35. The SMILES string of the molecule is COc1cc(NC(=O)C/C(C)=N/NC(C)=O)c(OC)cc1Cl. The van der Waals surface area contributed by atoms with Crippen LogP contribution in [0.1, 0.15) is 20.3 Å². The molecule has 2 amide bonds. The normalized spacial score (nSPS) is 10.9. The highest BCUT2D eigenvalue weighted by atomic mass is 35.5. The van der Waals surface area contributed by atoms with E-state index in [0.717, 1.165) is 0 Å². The molecule has 0 aliphatic rings. The van der Waals surface area contributed by atoms with Crippen molar-refractivity contribution in [3.8, 4) is 11.5 Å². The zero-order valence-electron chi connectivity index (χ0n) is 12.8. The summed E-state index contributed by atoms with van der Waals surface area (Å²) >= 11 is 6.00. The van der Waals surface area contributed by atoms with Gasteiger partial charge in [0, 0.05) is 24.8 Å². The number of ether oxygens (including phenoxy) is 2. The number of halogens is 1. The van der Waals surface area contributed by atoms with Crippen LogP contribution < -0.4 is 20.2 Å². The molecule has 1 aromatic rings. The van der Waals surface area contributed by atoms with E-state index in [-0.39, 0.29) is 18.2 Å². The van der Waals surface area contributed by atoms with Gasteiger partial charge in [0.05, 0.1) is 31.4 Å². The Morgan fingerprint density at radius 2 is 1.82 bits per heavy atom. The Morgan fingerprint density at radius 3 is 2.36 bits per heavy atom. The summed E-state index contributed by atoms with van der Waals surface area (Å²) in [6.45, 7) is 2.97. The van der Waals surface area contributed by atoms with E-state index >= 15 is 0 Å². The number of nitrogens with one attached hydrogen (secondary N) is 2. The van der Waals surface area contributed by atoms with E-state index in [2.05, 4.69) is 15.8 Å². The fourth-order valence-corrected chi connectivity index (χ4v) is 1.83. The number of nitrogens with zero attached hydrogens (tertiary/aromatic N) is 1. The van der Waals surface area contributed by atoms with Crippen LogP contribution in [0.2, 0.25) is 5.02 Å². The first-order valence-corrected chi connectivity index (χ1v) is 6.76. The van der Waals surface area contributed by atoms with Gasteiger partial charge in [-0.15, -0.1) is 0 Å². The summed E-state index contributed by atoms with van der Waals surface area (Å²) in [7, 11) is 2.95. The number of hydrogen-bond acceptors (Lipinski definition) is 5. The van der Waals surface area contributed by atoms with Gasteiger partial charge in [0.25, 0.3) is 0 Å². The Bertz CT molecular complexity index is 602. The Hall–Kier alpha value is -2.28. The van der Waals surface area contributed by atoms with Gasteiger partial charge >= 0.3 is 0 Å². The van der Waals surface area contributed by atoms with E-state index in [1.807, 2.05) is 0 Å². The van der Waals surface area contributed by atoms with Gasteiger partial charge in [0.2, 0.25) is 11.8 Å². The third-order valence-corrected chi connectivity index (χ3v) is 2.86. The summed E-state index contributed by atoms with van der Waals surface area (Å²) in [5, 5.41) is 6.84. The summed E-state index contributed by atoms with van der Waals surface area (Å²) in [4.78, 5) is 22.7. The highest BCUT2D eigenvalue weighted by molar-refractivity contribution is 6.32. The molecule has 0 saturated heterocycles. The lowest BCUT2D eigenvalue weighted by Gasteiger charge is -2.13. The molecule has 7 nitrogen and oxygen atoms in total. The maximum Gasteiger partial charge on any atom is 0.236 e. The van der Waals surface area contributed by atoms with Crippen LogP contribution in [0.4, 0.5) is 5.69 Å². The summed E-state index contributed by atoms with van der Waals surface area (Å²) in [5.41, 5.74) is 3.17. The van der Waals surface area contributed by atoms with Gasteiger partial charge < -0.3 is 14.8 Å². The predicted molar refractivity (Wildman–Crippen MR) is 84.7 cm³/mol. The minimum absolute atomic E-state index is 0.0222. The Kier molecular flexibility index (Phi) is 6.65. The molecular weight excluding hydrogens is 310 g/mol. The number of carbonyl (C=O) groups is 2. The summed E-state index contributed by atoms with van der Waals surface area (Å²) in [5.74, 6) is 0.218. The van der Waals surface area contributed by atoms with Crippen LogP contribution in [0.25, 0.3) is 0 Å². The monoisotopic (exact) mass is 327 g/mol. The highest BCUT2D eigenvalue weighted by Gasteiger charge is 2.13. The average Bonchev–Trinajstić information content (AvgIpc) is 2.46. The minimum Gasteiger partial charge on any atom is -0.495 e. The molecule has 0 aliphatic heterocycles. The average molecular weight is 328 g/mol. The van der Waals surface area contributed by atoms with Crippen molar-refractivity contribution < 1.29 is 19.1 Å². The standard InChI is InChI=1S/C14H18ClN3O4/c1-8(17-18-9(2)19)5-14(20)16-11-7-12(21-3)10(15)6-13(11)22-4/h6-7H,5H2,1-4H3,(H,16,20)(H,18,19)/b17-8+. The van der Waals surface area contributed by atoms with Crippen LogP contribution in [0, 0.1) is 0 Å². The molecule has 120 valence electrons. The zero-order chi connectivity index (χ0) is 16.7. The van der Waals surface area contributed by atoms with Crippen LogP contribution in [0.15, 0.2) is 17.2 Å². The number of rotatable bonds is 6. The largest absolute Gasteiger partial charge is 0.495 e. The molecule has 0 aromatic heterocycles. The topological polar surface area (TPSA) is 89.0 Å². The van der Waals surface area contributed by atoms with Crippen molar-refractivity contribution >= 4 is 34.8 Å². The van der Waals surface area contributed by atoms with Crippen molar-refractivity contribution in [1.29, 1.82) is 0 Å². The molecule has 0 saturated carbocycles. The molecule has 0 bridgehead atoms. The Balaban J connectivity index is 2.83. The molecule has 0 fully saturated rings. The number of carbonyl (C=O) groups excluding carboxylic acids is 2. The van der Waals surface area contributed by atoms with Gasteiger partial charge in [-0.1, -0.05) is 11.6 Å². The zero-order valence-corrected chi connectivity index (χ0v) is 13.6. The van der Waals surface area contributed by atoms with Gasteiger partial charge in [-0.25, -0.2) is 5.43 Å². The van der Waals surface area contributed by atoms with Crippen molar-refractivity contribution in [2.45, 2.75) is 20.3 Å². The van der Waals surface area contributed by atoms with Gasteiger partial charge in [-0.3, -0.25) is 9.59 Å². The predicted octanol–water partition coefficient (Wildman–Crippen LogP) is 2.20. The summed E-state index contributed by atoms with van der Waals surface area (Å²) in [6.07, 6.45) is 0.0222. The summed E-state index contributed by atoms with van der Waals surface area (Å²) < 4.78 is 10.3. The van der Waals surface area contributed by atoms with Crippen molar-refractivity contribution in [2.24, 2.45) is 5.10 Å². The first-order chi connectivity index (χ1) is 10.4. The van der Waals surface area contributed by atoms with Crippen LogP contribution >= 0.6 is 11.6 Å². The van der Waals surface area contributed by atoms with E-state index < -0.39 is 0 Å². The number of amides is 2. The van der Waals surface area contributed by atoms with Gasteiger partial charge in [0.1, 0.15) is 11.5 Å². The number of hydrogen-bond donors (Lipinski definition) is 2. The second kappa shape index (κ2) is 8.23. The number of anilines is 1. The number of hydrazone groups is 1. The molecule has 2 N–H and O–H groups in total. The van der Waals surface area contributed by atoms with Crippen molar-refractivity contribution in [3.05, 3.63) is 17.2 Å². The molecule has 0 unspecified atom stereocenters. The number of methoxy groups -OCH3 is 2. The Labute approximate surface area is 133 Å². The molecule has 0 spiro atoms. The first kappa shape index (κ1) is 17.8. The first-order valence-electron chi connectivity index (χ1n) is 6.38. The lowest BCUT2D eigenvalue weighted by Crippen LogP contribution is -2.19. The third kappa shape index (κ3) is 5.25. The maximum absolute atomic E-state index is 12.0.